The number of hydrogen-bond acceptors (Lipinski definition) is 7. The third-order valence-electron chi connectivity index (χ3n) is 3.92. The van der Waals surface area contributed by atoms with Gasteiger partial charge in [-0.05, 0) is 24.3 Å². The Bertz CT molecular complexity index is 926. The molecule has 3 rings (SSSR count). The lowest BCUT2D eigenvalue weighted by Crippen LogP contribution is -2.23. The second-order valence-electron chi connectivity index (χ2n) is 7.35. The van der Waals surface area contributed by atoms with Crippen molar-refractivity contribution in [3.63, 3.8) is 0 Å². The van der Waals surface area contributed by atoms with Crippen molar-refractivity contribution in [3.8, 4) is 5.75 Å². The molecule has 0 unspecified atom stereocenters. The Morgan fingerprint density at radius 2 is 1.96 bits per heavy atom. The lowest BCUT2D eigenvalue weighted by Gasteiger charge is -2.13. The zero-order valence-corrected chi connectivity index (χ0v) is 17.3. The molecule has 1 N–H and O–H groups in total. The topological polar surface area (TPSA) is 90.1 Å². The van der Waals surface area contributed by atoms with Crippen molar-refractivity contribution in [2.24, 2.45) is 0 Å². The molecule has 148 valence electrons. The molecule has 0 spiro atoms. The minimum absolute atomic E-state index is 0.0162. The van der Waals surface area contributed by atoms with E-state index in [1.807, 2.05) is 12.3 Å². The number of nitrogens with one attached hydrogen (secondary N) is 1. The minimum atomic E-state index is -0.150. The number of aromatic nitrogens is 3. The summed E-state index contributed by atoms with van der Waals surface area (Å²) in [6.45, 7) is 8.94. The van der Waals surface area contributed by atoms with Crippen molar-refractivity contribution < 1.29 is 14.1 Å². The maximum Gasteiger partial charge on any atom is 0.251 e. The van der Waals surface area contributed by atoms with Gasteiger partial charge in [0.05, 0.1) is 17.2 Å². The van der Waals surface area contributed by atoms with Crippen LogP contribution < -0.4 is 10.1 Å². The summed E-state index contributed by atoms with van der Waals surface area (Å²) in [7, 11) is 0. The standard InChI is InChI=1S/C20H24N4O3S/c1-5-17-23-16(24-27-17)11-26-15-8-6-13(7-9-15)18(25)21-10-14-12-28-19(22-14)20(2,3)4/h6-9,12H,5,10-11H2,1-4H3,(H,21,25). The average molecular weight is 401 g/mol. The quantitative estimate of drug-likeness (QED) is 0.647. The van der Waals surface area contributed by atoms with Crippen LogP contribution in [0.15, 0.2) is 34.2 Å². The molecule has 3 aromatic rings. The molecule has 0 aliphatic heterocycles. The summed E-state index contributed by atoms with van der Waals surface area (Å²) >= 11 is 1.62. The van der Waals surface area contributed by atoms with Crippen LogP contribution in [0.4, 0.5) is 0 Å². The number of thiazole rings is 1. The van der Waals surface area contributed by atoms with Gasteiger partial charge in [-0.2, -0.15) is 4.98 Å². The summed E-state index contributed by atoms with van der Waals surface area (Å²) in [5.74, 6) is 1.56. The Morgan fingerprint density at radius 3 is 2.57 bits per heavy atom. The van der Waals surface area contributed by atoms with Crippen molar-refractivity contribution in [3.05, 3.63) is 57.6 Å². The smallest absolute Gasteiger partial charge is 0.251 e. The van der Waals surface area contributed by atoms with E-state index in [-0.39, 0.29) is 17.9 Å². The molecule has 0 fully saturated rings. The van der Waals surface area contributed by atoms with Gasteiger partial charge in [0.25, 0.3) is 5.91 Å². The SMILES string of the molecule is CCc1nc(COc2ccc(C(=O)NCc3csc(C(C)(C)C)n3)cc2)no1. The molecule has 1 aromatic carbocycles. The highest BCUT2D eigenvalue weighted by Crippen LogP contribution is 2.25. The van der Waals surface area contributed by atoms with E-state index < -0.39 is 0 Å². The zero-order chi connectivity index (χ0) is 20.1. The number of benzene rings is 1. The van der Waals surface area contributed by atoms with E-state index in [1.165, 1.54) is 0 Å². The van der Waals surface area contributed by atoms with Crippen LogP contribution in [0.5, 0.6) is 5.75 Å². The fraction of sp³-hybridized carbons (Fsp3) is 0.400. The molecule has 0 saturated heterocycles. The number of hydrogen-bond donors (Lipinski definition) is 1. The maximum atomic E-state index is 12.3. The summed E-state index contributed by atoms with van der Waals surface area (Å²) < 4.78 is 10.7. The first-order chi connectivity index (χ1) is 13.3. The second kappa shape index (κ2) is 8.52. The Hall–Kier alpha value is -2.74. The Balaban J connectivity index is 1.51. The molecule has 0 aliphatic carbocycles. The van der Waals surface area contributed by atoms with Gasteiger partial charge in [0.2, 0.25) is 11.7 Å². The third-order valence-corrected chi connectivity index (χ3v) is 5.24. The van der Waals surface area contributed by atoms with E-state index in [9.17, 15) is 4.79 Å². The van der Waals surface area contributed by atoms with Crippen LogP contribution in [-0.2, 0) is 25.0 Å². The molecule has 0 aliphatic rings. The van der Waals surface area contributed by atoms with Crippen LogP contribution in [0, 0.1) is 0 Å². The molecule has 28 heavy (non-hydrogen) atoms. The van der Waals surface area contributed by atoms with Crippen LogP contribution in [0.25, 0.3) is 0 Å². The number of carbonyl (C=O) groups is 1. The molecule has 0 bridgehead atoms. The van der Waals surface area contributed by atoms with Crippen LogP contribution in [0.3, 0.4) is 0 Å². The van der Waals surface area contributed by atoms with E-state index in [1.54, 1.807) is 35.6 Å². The zero-order valence-electron chi connectivity index (χ0n) is 16.5. The van der Waals surface area contributed by atoms with Gasteiger partial charge in [-0.3, -0.25) is 4.79 Å². The molecule has 2 aromatic heterocycles. The Morgan fingerprint density at radius 1 is 1.21 bits per heavy atom. The first kappa shape index (κ1) is 20.0. The average Bonchev–Trinajstić information content (AvgIpc) is 3.34. The van der Waals surface area contributed by atoms with E-state index in [2.05, 4.69) is 41.2 Å². The predicted octanol–water partition coefficient (Wildman–Crippen LogP) is 3.90. The molecule has 0 radical (unpaired) electrons. The predicted molar refractivity (Wildman–Crippen MR) is 106 cm³/mol. The highest BCUT2D eigenvalue weighted by atomic mass is 32.1. The van der Waals surface area contributed by atoms with E-state index in [0.29, 0.717) is 36.0 Å². The van der Waals surface area contributed by atoms with Crippen molar-refractivity contribution in [1.82, 2.24) is 20.4 Å². The van der Waals surface area contributed by atoms with Crippen molar-refractivity contribution in [2.45, 2.75) is 52.7 Å². The summed E-state index contributed by atoms with van der Waals surface area (Å²) in [4.78, 5) is 21.1. The molecular formula is C20H24N4O3S. The van der Waals surface area contributed by atoms with Crippen molar-refractivity contribution in [2.75, 3.05) is 0 Å². The van der Waals surface area contributed by atoms with E-state index in [0.717, 1.165) is 10.7 Å². The van der Waals surface area contributed by atoms with Crippen LogP contribution in [-0.4, -0.2) is 21.0 Å². The molecular weight excluding hydrogens is 376 g/mol. The van der Waals surface area contributed by atoms with Gasteiger partial charge in [0.15, 0.2) is 6.61 Å². The van der Waals surface area contributed by atoms with Crippen LogP contribution >= 0.6 is 11.3 Å². The van der Waals surface area contributed by atoms with Crippen LogP contribution in [0.1, 0.15) is 60.5 Å². The fourth-order valence-corrected chi connectivity index (χ4v) is 3.26. The molecule has 7 nitrogen and oxygen atoms in total. The number of carbonyl (C=O) groups excluding carboxylic acids is 1. The van der Waals surface area contributed by atoms with Gasteiger partial charge in [0, 0.05) is 22.8 Å². The van der Waals surface area contributed by atoms with E-state index >= 15 is 0 Å². The number of ether oxygens (including phenoxy) is 1. The molecule has 0 saturated carbocycles. The van der Waals surface area contributed by atoms with Gasteiger partial charge < -0.3 is 14.6 Å². The largest absolute Gasteiger partial charge is 0.485 e. The highest BCUT2D eigenvalue weighted by molar-refractivity contribution is 7.09. The fourth-order valence-electron chi connectivity index (χ4n) is 2.35. The van der Waals surface area contributed by atoms with Crippen molar-refractivity contribution >= 4 is 17.2 Å². The number of amides is 1. The summed E-state index contributed by atoms with van der Waals surface area (Å²) in [5.41, 5.74) is 1.45. The number of nitrogens with zero attached hydrogens (tertiary/aromatic N) is 3. The highest BCUT2D eigenvalue weighted by Gasteiger charge is 2.18. The molecule has 2 heterocycles. The monoisotopic (exact) mass is 400 g/mol. The number of aryl methyl sites for hydroxylation is 1. The van der Waals surface area contributed by atoms with Gasteiger partial charge >= 0.3 is 0 Å². The summed E-state index contributed by atoms with van der Waals surface area (Å²) in [6.07, 6.45) is 0.690. The summed E-state index contributed by atoms with van der Waals surface area (Å²) in [6, 6.07) is 6.94. The van der Waals surface area contributed by atoms with Crippen molar-refractivity contribution in [1.29, 1.82) is 0 Å². The molecule has 0 atom stereocenters. The lowest BCUT2D eigenvalue weighted by molar-refractivity contribution is 0.0950. The van der Waals surface area contributed by atoms with Gasteiger partial charge in [-0.1, -0.05) is 32.9 Å². The van der Waals surface area contributed by atoms with Gasteiger partial charge in [0.1, 0.15) is 5.75 Å². The molecule has 1 amide bonds. The molecule has 8 heteroatoms. The van der Waals surface area contributed by atoms with Crippen LogP contribution in [0.2, 0.25) is 0 Å². The second-order valence-corrected chi connectivity index (χ2v) is 8.21. The van der Waals surface area contributed by atoms with Gasteiger partial charge in [-0.15, -0.1) is 11.3 Å². The Labute approximate surface area is 168 Å². The first-order valence-electron chi connectivity index (χ1n) is 9.12. The maximum absolute atomic E-state index is 12.3. The minimum Gasteiger partial charge on any atom is -0.485 e. The lowest BCUT2D eigenvalue weighted by atomic mass is 9.98. The third kappa shape index (κ3) is 5.16. The Kier molecular flexibility index (Phi) is 6.08. The first-order valence-corrected chi connectivity index (χ1v) is 10.0. The van der Waals surface area contributed by atoms with Gasteiger partial charge in [-0.25, -0.2) is 4.98 Å². The normalized spacial score (nSPS) is 11.4. The number of rotatable bonds is 7. The summed E-state index contributed by atoms with van der Waals surface area (Å²) in [5, 5.41) is 9.78. The van der Waals surface area contributed by atoms with E-state index in [4.69, 9.17) is 9.26 Å².